The Morgan fingerprint density at radius 3 is 2.68 bits per heavy atom. The first-order valence-electron chi connectivity index (χ1n) is 9.23. The normalized spacial score (nSPS) is 25.4. The van der Waals surface area contributed by atoms with Crippen LogP contribution in [0.3, 0.4) is 0 Å². The van der Waals surface area contributed by atoms with Crippen molar-refractivity contribution in [3.63, 3.8) is 0 Å². The molecule has 2 heterocycles. The van der Waals surface area contributed by atoms with Crippen molar-refractivity contribution in [1.82, 2.24) is 4.90 Å². The highest BCUT2D eigenvalue weighted by Gasteiger charge is 2.38. The summed E-state index contributed by atoms with van der Waals surface area (Å²) < 4.78 is 5.38. The van der Waals surface area contributed by atoms with E-state index in [4.69, 9.17) is 10.5 Å². The second-order valence-corrected chi connectivity index (χ2v) is 7.78. The summed E-state index contributed by atoms with van der Waals surface area (Å²) in [7, 11) is 0. The summed E-state index contributed by atoms with van der Waals surface area (Å²) in [4.78, 5) is 14.8. The fourth-order valence-corrected chi connectivity index (χ4v) is 3.99. The average Bonchev–Trinajstić information content (AvgIpc) is 3.03. The maximum Gasteiger partial charge on any atom is 0.239 e. The van der Waals surface area contributed by atoms with E-state index in [9.17, 15) is 4.79 Å². The predicted molar refractivity (Wildman–Crippen MR) is 103 cm³/mol. The number of halogens is 1. The standard InChI is InChI=1S/C20H30N2O2.ClH/c1-20(10-7-16-5-3-2-4-6-16)11-12-22(15-20)19(23)18(21)17-8-13-24-14-9-17;/h2-6,17-18H,7-15,21H2,1H3;1H. The molecule has 140 valence electrons. The van der Waals surface area contributed by atoms with Gasteiger partial charge >= 0.3 is 0 Å². The van der Waals surface area contributed by atoms with Crippen LogP contribution in [0.2, 0.25) is 0 Å². The number of likely N-dealkylation sites (tertiary alicyclic amines) is 1. The number of carbonyl (C=O) groups is 1. The van der Waals surface area contributed by atoms with E-state index in [-0.39, 0.29) is 35.7 Å². The zero-order valence-electron chi connectivity index (χ0n) is 15.2. The molecule has 1 aromatic rings. The number of rotatable bonds is 5. The molecule has 25 heavy (non-hydrogen) atoms. The summed E-state index contributed by atoms with van der Waals surface area (Å²) in [5.74, 6) is 0.424. The van der Waals surface area contributed by atoms with Crippen molar-refractivity contribution in [2.45, 2.75) is 45.1 Å². The van der Waals surface area contributed by atoms with Gasteiger partial charge in [-0.3, -0.25) is 4.79 Å². The molecule has 2 saturated heterocycles. The van der Waals surface area contributed by atoms with E-state index in [1.807, 2.05) is 4.90 Å². The quantitative estimate of drug-likeness (QED) is 0.871. The van der Waals surface area contributed by atoms with Gasteiger partial charge in [-0.25, -0.2) is 0 Å². The van der Waals surface area contributed by atoms with Gasteiger partial charge in [0.25, 0.3) is 0 Å². The third-order valence-corrected chi connectivity index (χ3v) is 5.79. The summed E-state index contributed by atoms with van der Waals surface area (Å²) in [5, 5.41) is 0. The summed E-state index contributed by atoms with van der Waals surface area (Å²) >= 11 is 0. The number of hydrogen-bond donors (Lipinski definition) is 1. The Bertz CT molecular complexity index is 548. The van der Waals surface area contributed by atoms with Gasteiger partial charge in [0.05, 0.1) is 6.04 Å². The predicted octanol–water partition coefficient (Wildman–Crippen LogP) is 3.03. The Morgan fingerprint density at radius 1 is 1.32 bits per heavy atom. The number of hydrogen-bond acceptors (Lipinski definition) is 3. The third-order valence-electron chi connectivity index (χ3n) is 5.79. The van der Waals surface area contributed by atoms with E-state index in [0.29, 0.717) is 0 Å². The van der Waals surface area contributed by atoms with Gasteiger partial charge in [0, 0.05) is 26.3 Å². The second-order valence-electron chi connectivity index (χ2n) is 7.78. The smallest absolute Gasteiger partial charge is 0.239 e. The van der Waals surface area contributed by atoms with Crippen LogP contribution >= 0.6 is 12.4 Å². The molecule has 0 bridgehead atoms. The van der Waals surface area contributed by atoms with E-state index in [1.165, 1.54) is 5.56 Å². The van der Waals surface area contributed by atoms with Crippen LogP contribution in [0.15, 0.2) is 30.3 Å². The van der Waals surface area contributed by atoms with E-state index in [0.717, 1.165) is 58.4 Å². The number of benzene rings is 1. The molecule has 0 aromatic heterocycles. The van der Waals surface area contributed by atoms with Crippen molar-refractivity contribution in [2.75, 3.05) is 26.3 Å². The number of nitrogens with two attached hydrogens (primary N) is 1. The van der Waals surface area contributed by atoms with Gasteiger partial charge in [-0.05, 0) is 49.0 Å². The minimum atomic E-state index is -0.356. The number of carbonyl (C=O) groups excluding carboxylic acids is 1. The summed E-state index contributed by atoms with van der Waals surface area (Å²) in [6, 6.07) is 10.2. The van der Waals surface area contributed by atoms with E-state index in [2.05, 4.69) is 37.3 Å². The average molecular weight is 367 g/mol. The fraction of sp³-hybridized carbons (Fsp3) is 0.650. The number of ether oxygens (including phenoxy) is 1. The monoisotopic (exact) mass is 366 g/mol. The molecule has 2 N–H and O–H groups in total. The van der Waals surface area contributed by atoms with Gasteiger partial charge < -0.3 is 15.4 Å². The highest BCUT2D eigenvalue weighted by atomic mass is 35.5. The minimum absolute atomic E-state index is 0. The highest BCUT2D eigenvalue weighted by molar-refractivity contribution is 5.85. The topological polar surface area (TPSA) is 55.6 Å². The van der Waals surface area contributed by atoms with Crippen LogP contribution in [-0.4, -0.2) is 43.2 Å². The molecular formula is C20H31ClN2O2. The molecule has 2 unspecified atom stereocenters. The molecule has 2 aliphatic heterocycles. The minimum Gasteiger partial charge on any atom is -0.381 e. The molecule has 1 amide bonds. The fourth-order valence-electron chi connectivity index (χ4n) is 3.99. The lowest BCUT2D eigenvalue weighted by molar-refractivity contribution is -0.134. The Morgan fingerprint density at radius 2 is 2.00 bits per heavy atom. The molecule has 0 radical (unpaired) electrons. The molecule has 2 aliphatic rings. The van der Waals surface area contributed by atoms with E-state index < -0.39 is 0 Å². The van der Waals surface area contributed by atoms with Crippen LogP contribution in [0, 0.1) is 11.3 Å². The summed E-state index contributed by atoms with van der Waals surface area (Å²) in [5.41, 5.74) is 7.87. The molecule has 4 nitrogen and oxygen atoms in total. The molecule has 0 spiro atoms. The van der Waals surface area contributed by atoms with E-state index in [1.54, 1.807) is 0 Å². The van der Waals surface area contributed by atoms with Crippen LogP contribution in [0.1, 0.15) is 38.2 Å². The number of nitrogens with zero attached hydrogens (tertiary/aromatic N) is 1. The van der Waals surface area contributed by atoms with Gasteiger partial charge in [0.2, 0.25) is 5.91 Å². The molecule has 1 aromatic carbocycles. The van der Waals surface area contributed by atoms with E-state index >= 15 is 0 Å². The Balaban J connectivity index is 0.00000225. The van der Waals surface area contributed by atoms with Crippen molar-refractivity contribution in [3.8, 4) is 0 Å². The van der Waals surface area contributed by atoms with Crippen LogP contribution in [0.5, 0.6) is 0 Å². The molecule has 0 aliphatic carbocycles. The van der Waals surface area contributed by atoms with Crippen molar-refractivity contribution in [2.24, 2.45) is 17.1 Å². The molecule has 5 heteroatoms. The summed E-state index contributed by atoms with van der Waals surface area (Å²) in [6.07, 6.45) is 5.09. The van der Waals surface area contributed by atoms with Gasteiger partial charge in [0.1, 0.15) is 0 Å². The first-order chi connectivity index (χ1) is 11.6. The van der Waals surface area contributed by atoms with Crippen LogP contribution in [0.25, 0.3) is 0 Å². The van der Waals surface area contributed by atoms with Crippen LogP contribution in [-0.2, 0) is 16.0 Å². The molecule has 2 fully saturated rings. The lowest BCUT2D eigenvalue weighted by atomic mass is 9.83. The van der Waals surface area contributed by atoms with Crippen molar-refractivity contribution >= 4 is 18.3 Å². The third kappa shape index (κ3) is 5.19. The first kappa shape index (κ1) is 20.2. The van der Waals surface area contributed by atoms with Gasteiger partial charge in [0.15, 0.2) is 0 Å². The zero-order chi connectivity index (χ0) is 17.0. The Labute approximate surface area is 157 Å². The molecule has 3 rings (SSSR count). The van der Waals surface area contributed by atoms with Crippen molar-refractivity contribution in [1.29, 1.82) is 0 Å². The first-order valence-corrected chi connectivity index (χ1v) is 9.23. The lowest BCUT2D eigenvalue weighted by Gasteiger charge is -2.31. The number of amides is 1. The molecule has 2 atom stereocenters. The SMILES string of the molecule is CC1(CCc2ccccc2)CCN(C(=O)C(N)C2CCOCC2)C1.Cl. The van der Waals surface area contributed by atoms with Gasteiger partial charge in [-0.1, -0.05) is 37.3 Å². The highest BCUT2D eigenvalue weighted by Crippen LogP contribution is 2.35. The van der Waals surface area contributed by atoms with Crippen LogP contribution < -0.4 is 5.73 Å². The lowest BCUT2D eigenvalue weighted by Crippen LogP contribution is -2.48. The van der Waals surface area contributed by atoms with Gasteiger partial charge in [-0.15, -0.1) is 12.4 Å². The number of aryl methyl sites for hydroxylation is 1. The Hall–Kier alpha value is -1.10. The van der Waals surface area contributed by atoms with Crippen molar-refractivity contribution in [3.05, 3.63) is 35.9 Å². The largest absolute Gasteiger partial charge is 0.381 e. The van der Waals surface area contributed by atoms with Crippen LogP contribution in [0.4, 0.5) is 0 Å². The maximum absolute atomic E-state index is 12.8. The maximum atomic E-state index is 12.8. The van der Waals surface area contributed by atoms with Crippen molar-refractivity contribution < 1.29 is 9.53 Å². The summed E-state index contributed by atoms with van der Waals surface area (Å²) in [6.45, 7) is 5.47. The molecular weight excluding hydrogens is 336 g/mol. The second kappa shape index (κ2) is 9.02. The van der Waals surface area contributed by atoms with Gasteiger partial charge in [-0.2, -0.15) is 0 Å². The zero-order valence-corrected chi connectivity index (χ0v) is 16.0. The Kier molecular flexibility index (Phi) is 7.29. The molecule has 0 saturated carbocycles.